The quantitative estimate of drug-likeness (QED) is 0.778. The standard InChI is InChI=1S/C13H17NO2/c1-16-13(15)5-3-9-2-4-10-7-12(14)8-11(10)6-9/h2,4,6,12H,3,5,7-8,14H2,1H3. The number of fused-ring (bicyclic) bond motifs is 1. The first-order chi connectivity index (χ1) is 7.69. The van der Waals surface area contributed by atoms with E-state index in [0.717, 1.165) is 19.3 Å². The van der Waals surface area contributed by atoms with Crippen molar-refractivity contribution in [3.05, 3.63) is 34.9 Å². The molecule has 1 aromatic rings. The Morgan fingerprint density at radius 3 is 2.94 bits per heavy atom. The predicted octanol–water partition coefficient (Wildman–Crippen LogP) is 1.22. The van der Waals surface area contributed by atoms with E-state index in [4.69, 9.17) is 5.73 Å². The Bertz CT molecular complexity index is 401. The van der Waals surface area contributed by atoms with Gasteiger partial charge in [0.15, 0.2) is 0 Å². The summed E-state index contributed by atoms with van der Waals surface area (Å²) in [4.78, 5) is 11.0. The monoisotopic (exact) mass is 219 g/mol. The Hall–Kier alpha value is -1.35. The van der Waals surface area contributed by atoms with Gasteiger partial charge >= 0.3 is 5.97 Å². The number of esters is 1. The van der Waals surface area contributed by atoms with Crippen LogP contribution in [0.3, 0.4) is 0 Å². The van der Waals surface area contributed by atoms with Crippen LogP contribution in [0.1, 0.15) is 23.1 Å². The molecule has 1 aliphatic carbocycles. The van der Waals surface area contributed by atoms with Gasteiger partial charge in [-0.25, -0.2) is 0 Å². The lowest BCUT2D eigenvalue weighted by molar-refractivity contribution is -0.140. The van der Waals surface area contributed by atoms with Gasteiger partial charge in [-0.3, -0.25) is 4.79 Å². The molecule has 3 heteroatoms. The van der Waals surface area contributed by atoms with Crippen LogP contribution >= 0.6 is 0 Å². The summed E-state index contributed by atoms with van der Waals surface area (Å²) in [7, 11) is 1.42. The lowest BCUT2D eigenvalue weighted by atomic mass is 10.0. The highest BCUT2D eigenvalue weighted by Crippen LogP contribution is 2.22. The van der Waals surface area contributed by atoms with Crippen LogP contribution in [0.15, 0.2) is 18.2 Å². The summed E-state index contributed by atoms with van der Waals surface area (Å²) in [5, 5.41) is 0. The van der Waals surface area contributed by atoms with Gasteiger partial charge < -0.3 is 10.5 Å². The van der Waals surface area contributed by atoms with E-state index in [1.54, 1.807) is 0 Å². The van der Waals surface area contributed by atoms with E-state index < -0.39 is 0 Å². The van der Waals surface area contributed by atoms with Crippen molar-refractivity contribution in [3.8, 4) is 0 Å². The number of hydrogen-bond donors (Lipinski definition) is 1. The number of benzene rings is 1. The van der Waals surface area contributed by atoms with Crippen LogP contribution in [-0.2, 0) is 28.8 Å². The van der Waals surface area contributed by atoms with Crippen LogP contribution in [0.2, 0.25) is 0 Å². The smallest absolute Gasteiger partial charge is 0.305 e. The fourth-order valence-corrected chi connectivity index (χ4v) is 2.21. The average Bonchev–Trinajstić information content (AvgIpc) is 2.65. The molecular weight excluding hydrogens is 202 g/mol. The summed E-state index contributed by atoms with van der Waals surface area (Å²) < 4.78 is 4.62. The second-order valence-electron chi connectivity index (χ2n) is 4.35. The molecular formula is C13H17NO2. The molecule has 0 fully saturated rings. The number of nitrogens with two attached hydrogens (primary N) is 1. The first-order valence-corrected chi connectivity index (χ1v) is 5.62. The lowest BCUT2D eigenvalue weighted by Crippen LogP contribution is -2.18. The molecule has 3 nitrogen and oxygen atoms in total. The van der Waals surface area contributed by atoms with Crippen molar-refractivity contribution in [2.75, 3.05) is 7.11 Å². The van der Waals surface area contributed by atoms with Crippen molar-refractivity contribution in [1.82, 2.24) is 0 Å². The molecule has 86 valence electrons. The molecule has 0 radical (unpaired) electrons. The summed E-state index contributed by atoms with van der Waals surface area (Å²) in [5.41, 5.74) is 9.80. The number of rotatable bonds is 3. The predicted molar refractivity (Wildman–Crippen MR) is 62.2 cm³/mol. The topological polar surface area (TPSA) is 52.3 Å². The highest BCUT2D eigenvalue weighted by Gasteiger charge is 2.17. The maximum Gasteiger partial charge on any atom is 0.305 e. The Kier molecular flexibility index (Phi) is 3.25. The average molecular weight is 219 g/mol. The molecule has 1 atom stereocenters. The summed E-state index contributed by atoms with van der Waals surface area (Å²) in [6, 6.07) is 6.66. The number of ether oxygens (including phenoxy) is 1. The van der Waals surface area contributed by atoms with Crippen LogP contribution in [0.4, 0.5) is 0 Å². The third kappa shape index (κ3) is 2.42. The van der Waals surface area contributed by atoms with Gasteiger partial charge in [-0.1, -0.05) is 18.2 Å². The SMILES string of the molecule is COC(=O)CCc1ccc2c(c1)CC(N)C2. The van der Waals surface area contributed by atoms with Crippen molar-refractivity contribution in [2.24, 2.45) is 5.73 Å². The van der Waals surface area contributed by atoms with Crippen LogP contribution in [0.5, 0.6) is 0 Å². The molecule has 0 saturated carbocycles. The fraction of sp³-hybridized carbons (Fsp3) is 0.462. The maximum atomic E-state index is 11.0. The third-order valence-corrected chi connectivity index (χ3v) is 3.08. The first kappa shape index (κ1) is 11.1. The van der Waals surface area contributed by atoms with E-state index in [1.807, 2.05) is 0 Å². The molecule has 2 N–H and O–H groups in total. The number of carbonyl (C=O) groups excluding carboxylic acids is 1. The van der Waals surface area contributed by atoms with Crippen molar-refractivity contribution >= 4 is 5.97 Å². The number of hydrogen-bond acceptors (Lipinski definition) is 3. The maximum absolute atomic E-state index is 11.0. The van der Waals surface area contributed by atoms with Crippen LogP contribution < -0.4 is 5.73 Å². The number of aryl methyl sites for hydroxylation is 1. The van der Waals surface area contributed by atoms with Gasteiger partial charge in [0.2, 0.25) is 0 Å². The second-order valence-corrected chi connectivity index (χ2v) is 4.35. The Morgan fingerprint density at radius 2 is 2.19 bits per heavy atom. The zero-order valence-electron chi connectivity index (χ0n) is 9.53. The molecule has 1 aliphatic rings. The van der Waals surface area contributed by atoms with Gasteiger partial charge in [-0.2, -0.15) is 0 Å². The van der Waals surface area contributed by atoms with E-state index in [0.29, 0.717) is 6.42 Å². The Morgan fingerprint density at radius 1 is 1.44 bits per heavy atom. The minimum absolute atomic E-state index is 0.155. The molecule has 1 unspecified atom stereocenters. The van der Waals surface area contributed by atoms with E-state index in [2.05, 4.69) is 22.9 Å². The Balaban J connectivity index is 2.02. The minimum Gasteiger partial charge on any atom is -0.469 e. The van der Waals surface area contributed by atoms with Crippen molar-refractivity contribution in [3.63, 3.8) is 0 Å². The first-order valence-electron chi connectivity index (χ1n) is 5.62. The van der Waals surface area contributed by atoms with Gasteiger partial charge in [0.25, 0.3) is 0 Å². The van der Waals surface area contributed by atoms with E-state index in [1.165, 1.54) is 23.8 Å². The van der Waals surface area contributed by atoms with Crippen LogP contribution in [-0.4, -0.2) is 19.1 Å². The zero-order chi connectivity index (χ0) is 11.5. The zero-order valence-corrected chi connectivity index (χ0v) is 9.53. The highest BCUT2D eigenvalue weighted by molar-refractivity contribution is 5.69. The normalized spacial score (nSPS) is 18.2. The molecule has 0 spiro atoms. The summed E-state index contributed by atoms with van der Waals surface area (Å²) in [6.45, 7) is 0. The number of methoxy groups -OCH3 is 1. The molecule has 0 aromatic heterocycles. The van der Waals surface area contributed by atoms with Crippen LogP contribution in [0.25, 0.3) is 0 Å². The summed E-state index contributed by atoms with van der Waals surface area (Å²) >= 11 is 0. The van der Waals surface area contributed by atoms with Crippen molar-refractivity contribution in [2.45, 2.75) is 31.7 Å². The largest absolute Gasteiger partial charge is 0.469 e. The lowest BCUT2D eigenvalue weighted by Gasteiger charge is -2.04. The molecule has 0 saturated heterocycles. The third-order valence-electron chi connectivity index (χ3n) is 3.08. The second kappa shape index (κ2) is 4.66. The van der Waals surface area contributed by atoms with Gasteiger partial charge in [-0.05, 0) is 36.0 Å². The van der Waals surface area contributed by atoms with E-state index in [-0.39, 0.29) is 12.0 Å². The van der Waals surface area contributed by atoms with Gasteiger partial charge in [0.05, 0.1) is 7.11 Å². The summed E-state index contributed by atoms with van der Waals surface area (Å²) in [6.07, 6.45) is 3.13. The minimum atomic E-state index is -0.155. The molecule has 0 heterocycles. The highest BCUT2D eigenvalue weighted by atomic mass is 16.5. The van der Waals surface area contributed by atoms with Crippen LogP contribution in [0, 0.1) is 0 Å². The van der Waals surface area contributed by atoms with E-state index >= 15 is 0 Å². The molecule has 0 bridgehead atoms. The molecule has 0 amide bonds. The fourth-order valence-electron chi connectivity index (χ4n) is 2.21. The summed E-state index contributed by atoms with van der Waals surface area (Å²) in [5.74, 6) is -0.155. The molecule has 16 heavy (non-hydrogen) atoms. The van der Waals surface area contributed by atoms with Gasteiger partial charge in [0, 0.05) is 12.5 Å². The van der Waals surface area contributed by atoms with Crippen molar-refractivity contribution in [1.29, 1.82) is 0 Å². The molecule has 0 aliphatic heterocycles. The molecule has 1 aromatic carbocycles. The number of carbonyl (C=O) groups is 1. The Labute approximate surface area is 95.6 Å². The van der Waals surface area contributed by atoms with Crippen molar-refractivity contribution < 1.29 is 9.53 Å². The van der Waals surface area contributed by atoms with Gasteiger partial charge in [-0.15, -0.1) is 0 Å². The van der Waals surface area contributed by atoms with E-state index in [9.17, 15) is 4.79 Å². The van der Waals surface area contributed by atoms with Gasteiger partial charge in [0.1, 0.15) is 0 Å². The molecule has 2 rings (SSSR count).